The molecule has 0 saturated heterocycles. The first kappa shape index (κ1) is 22.5. The average Bonchev–Trinajstić information content (AvgIpc) is 2.82. The average molecular weight is 451 g/mol. The number of alkyl halides is 3. The van der Waals surface area contributed by atoms with Crippen molar-refractivity contribution in [2.45, 2.75) is 19.0 Å². The molecular weight excluding hydrogens is 430 g/mol. The minimum atomic E-state index is -4.36. The van der Waals surface area contributed by atoms with Gasteiger partial charge >= 0.3 is 6.18 Å². The molecule has 4 aromatic rings. The van der Waals surface area contributed by atoms with Crippen molar-refractivity contribution in [3.63, 3.8) is 0 Å². The molecule has 3 aromatic carbocycles. The molecule has 0 amide bonds. The molecule has 33 heavy (non-hydrogen) atoms. The van der Waals surface area contributed by atoms with Crippen molar-refractivity contribution in [1.29, 1.82) is 0 Å². The van der Waals surface area contributed by atoms with Crippen LogP contribution >= 0.6 is 0 Å². The zero-order chi connectivity index (χ0) is 23.4. The smallest absolute Gasteiger partial charge is 0.416 e. The molecule has 0 spiro atoms. The molecule has 4 rings (SSSR count). The van der Waals surface area contributed by atoms with Crippen LogP contribution in [0.15, 0.2) is 85.6 Å². The Kier molecular flexibility index (Phi) is 6.45. The van der Waals surface area contributed by atoms with Crippen molar-refractivity contribution in [3.8, 4) is 17.0 Å². The van der Waals surface area contributed by atoms with E-state index in [4.69, 9.17) is 4.74 Å². The van der Waals surface area contributed by atoms with E-state index in [0.29, 0.717) is 36.1 Å². The van der Waals surface area contributed by atoms with Crippen LogP contribution in [-0.4, -0.2) is 11.6 Å². The van der Waals surface area contributed by atoms with Gasteiger partial charge in [0.05, 0.1) is 17.5 Å². The van der Waals surface area contributed by atoms with E-state index >= 15 is 4.39 Å². The number of rotatable bonds is 7. The van der Waals surface area contributed by atoms with E-state index in [1.807, 2.05) is 30.3 Å². The molecule has 0 aliphatic rings. The highest BCUT2D eigenvalue weighted by Gasteiger charge is 2.29. The summed E-state index contributed by atoms with van der Waals surface area (Å²) in [5.74, 6) is 0.329. The first-order valence-electron chi connectivity index (χ1n) is 10.4. The number of nitrogens with zero attached hydrogens (tertiary/aromatic N) is 1. The van der Waals surface area contributed by atoms with Crippen LogP contribution in [0.5, 0.6) is 5.75 Å². The molecular formula is C27H21F4NO. The van der Waals surface area contributed by atoms with Gasteiger partial charge in [-0.1, -0.05) is 49.1 Å². The predicted octanol–water partition coefficient (Wildman–Crippen LogP) is 7.41. The van der Waals surface area contributed by atoms with Gasteiger partial charge in [-0.3, -0.25) is 4.98 Å². The standard InChI is InChI=1S/C27H21F4NO/c1-2-15-33-23-12-14-25(32-17-23)21-9-13-24-20(16-21)8-7-19(26(24)28)6-3-18-4-10-22(11-5-18)27(29,30)31/h2,4-5,7-14,16-17H,1,3,6,15H2. The van der Waals surface area contributed by atoms with Gasteiger partial charge in [-0.25, -0.2) is 4.39 Å². The minimum absolute atomic E-state index is 0.313. The number of aromatic nitrogens is 1. The first-order chi connectivity index (χ1) is 15.8. The van der Waals surface area contributed by atoms with Crippen molar-refractivity contribution in [3.05, 3.63) is 108 Å². The van der Waals surface area contributed by atoms with Crippen molar-refractivity contribution in [1.82, 2.24) is 4.98 Å². The number of aryl methyl sites for hydroxylation is 2. The van der Waals surface area contributed by atoms with E-state index in [2.05, 4.69) is 11.6 Å². The van der Waals surface area contributed by atoms with Gasteiger partial charge in [-0.15, -0.1) is 0 Å². The van der Waals surface area contributed by atoms with Crippen molar-refractivity contribution in [2.75, 3.05) is 6.61 Å². The fourth-order valence-corrected chi connectivity index (χ4v) is 3.62. The summed E-state index contributed by atoms with van der Waals surface area (Å²) >= 11 is 0. The number of fused-ring (bicyclic) bond motifs is 1. The van der Waals surface area contributed by atoms with Crippen LogP contribution in [0, 0.1) is 5.82 Å². The van der Waals surface area contributed by atoms with E-state index in [9.17, 15) is 13.2 Å². The normalized spacial score (nSPS) is 11.5. The second kappa shape index (κ2) is 9.45. The third-order valence-corrected chi connectivity index (χ3v) is 5.40. The van der Waals surface area contributed by atoms with Gasteiger partial charge in [-0.2, -0.15) is 13.2 Å². The lowest BCUT2D eigenvalue weighted by atomic mass is 9.98. The van der Waals surface area contributed by atoms with Crippen LogP contribution in [0.3, 0.4) is 0 Å². The molecule has 0 aliphatic heterocycles. The molecule has 6 heteroatoms. The highest BCUT2D eigenvalue weighted by atomic mass is 19.4. The SMILES string of the molecule is C=CCOc1ccc(-c2ccc3c(F)c(CCc4ccc(C(F)(F)F)cc4)ccc3c2)nc1. The van der Waals surface area contributed by atoms with Crippen molar-refractivity contribution >= 4 is 10.8 Å². The third kappa shape index (κ3) is 5.22. The van der Waals surface area contributed by atoms with E-state index in [-0.39, 0.29) is 5.82 Å². The van der Waals surface area contributed by atoms with Crippen LogP contribution < -0.4 is 4.74 Å². The van der Waals surface area contributed by atoms with Gasteiger partial charge in [0.1, 0.15) is 18.2 Å². The van der Waals surface area contributed by atoms with Crippen LogP contribution in [0.1, 0.15) is 16.7 Å². The summed E-state index contributed by atoms with van der Waals surface area (Å²) in [5, 5.41) is 1.24. The third-order valence-electron chi connectivity index (χ3n) is 5.40. The summed E-state index contributed by atoms with van der Waals surface area (Å²) in [6.07, 6.45) is -0.234. The van der Waals surface area contributed by atoms with E-state index < -0.39 is 11.7 Å². The monoisotopic (exact) mass is 451 g/mol. The lowest BCUT2D eigenvalue weighted by Crippen LogP contribution is -2.04. The summed E-state index contributed by atoms with van der Waals surface area (Å²) in [6.45, 7) is 4.01. The lowest BCUT2D eigenvalue weighted by molar-refractivity contribution is -0.137. The molecule has 1 aromatic heterocycles. The van der Waals surface area contributed by atoms with Gasteiger partial charge in [0, 0.05) is 10.9 Å². The number of hydrogen-bond donors (Lipinski definition) is 0. The number of pyridine rings is 1. The minimum Gasteiger partial charge on any atom is -0.488 e. The highest BCUT2D eigenvalue weighted by molar-refractivity contribution is 5.88. The number of ether oxygens (including phenoxy) is 1. The Morgan fingerprint density at radius 3 is 2.36 bits per heavy atom. The zero-order valence-electron chi connectivity index (χ0n) is 17.7. The molecule has 0 fully saturated rings. The van der Waals surface area contributed by atoms with Crippen LogP contribution in [0.25, 0.3) is 22.0 Å². The summed E-state index contributed by atoms with van der Waals surface area (Å²) in [4.78, 5) is 4.41. The Hall–Kier alpha value is -3.67. The van der Waals surface area contributed by atoms with E-state index in [1.165, 1.54) is 12.1 Å². The molecule has 1 heterocycles. The fourth-order valence-electron chi connectivity index (χ4n) is 3.62. The zero-order valence-corrected chi connectivity index (χ0v) is 17.7. The summed E-state index contributed by atoms with van der Waals surface area (Å²) < 4.78 is 58.7. The van der Waals surface area contributed by atoms with Gasteiger partial charge in [0.15, 0.2) is 0 Å². The number of hydrogen-bond acceptors (Lipinski definition) is 2. The van der Waals surface area contributed by atoms with Crippen molar-refractivity contribution in [2.24, 2.45) is 0 Å². The maximum absolute atomic E-state index is 15.1. The van der Waals surface area contributed by atoms with Crippen LogP contribution in [0.2, 0.25) is 0 Å². The van der Waals surface area contributed by atoms with Crippen LogP contribution in [0.4, 0.5) is 17.6 Å². The Balaban J connectivity index is 1.50. The largest absolute Gasteiger partial charge is 0.488 e. The molecule has 0 bridgehead atoms. The van der Waals surface area contributed by atoms with Crippen molar-refractivity contribution < 1.29 is 22.3 Å². The molecule has 0 aliphatic carbocycles. The summed E-state index contributed by atoms with van der Waals surface area (Å²) in [5.41, 5.74) is 2.16. The van der Waals surface area contributed by atoms with Gasteiger partial charge < -0.3 is 4.74 Å². The van der Waals surface area contributed by atoms with Gasteiger partial charge in [0.25, 0.3) is 0 Å². The molecule has 0 N–H and O–H groups in total. The highest BCUT2D eigenvalue weighted by Crippen LogP contribution is 2.30. The van der Waals surface area contributed by atoms with Gasteiger partial charge in [-0.05, 0) is 59.7 Å². The number of halogens is 4. The molecule has 0 radical (unpaired) electrons. The Morgan fingerprint density at radius 1 is 0.909 bits per heavy atom. The second-order valence-corrected chi connectivity index (χ2v) is 7.65. The van der Waals surface area contributed by atoms with Crippen LogP contribution in [-0.2, 0) is 19.0 Å². The Morgan fingerprint density at radius 2 is 1.70 bits per heavy atom. The topological polar surface area (TPSA) is 22.1 Å². The maximum Gasteiger partial charge on any atom is 0.416 e. The molecule has 0 unspecified atom stereocenters. The fraction of sp³-hybridized carbons (Fsp3) is 0.148. The summed E-state index contributed by atoms with van der Waals surface area (Å²) in [6, 6.07) is 17.7. The molecule has 0 saturated carbocycles. The second-order valence-electron chi connectivity index (χ2n) is 7.65. The lowest BCUT2D eigenvalue weighted by Gasteiger charge is -2.10. The van der Waals surface area contributed by atoms with Gasteiger partial charge in [0.2, 0.25) is 0 Å². The van der Waals surface area contributed by atoms with E-state index in [1.54, 1.807) is 24.4 Å². The molecule has 0 atom stereocenters. The Labute approximate surface area is 189 Å². The first-order valence-corrected chi connectivity index (χ1v) is 10.4. The van der Waals surface area contributed by atoms with E-state index in [0.717, 1.165) is 34.3 Å². The molecule has 168 valence electrons. The maximum atomic E-state index is 15.1. The quantitative estimate of drug-likeness (QED) is 0.216. The Bertz CT molecular complexity index is 1260. The predicted molar refractivity (Wildman–Crippen MR) is 122 cm³/mol. The summed E-state index contributed by atoms with van der Waals surface area (Å²) in [7, 11) is 0. The molecule has 2 nitrogen and oxygen atoms in total. The number of benzene rings is 3.